The standard InChI is InChI=1S/C38H41N3O5S/c1-8-45-33-18-14-27(22-40-33)26-12-10-25(11-13-26)23-41-31-17-15-28(46-35(42)30-16-9-24(2)21-39-30)19-29(31)34(47-37(3,4)5)32(41)20-38(6,7)36(43)44/h9-19,21-22H,8,20,23H2,1-7H3,(H,43,44). The number of hydrogen-bond donors (Lipinski definition) is 1. The number of hydrogen-bond acceptors (Lipinski definition) is 7. The average Bonchev–Trinajstić information content (AvgIpc) is 3.27. The number of carboxylic acid groups (broad SMARTS) is 1. The third-order valence-corrected chi connectivity index (χ3v) is 8.95. The lowest BCUT2D eigenvalue weighted by molar-refractivity contribution is -0.146. The monoisotopic (exact) mass is 651 g/mol. The van der Waals surface area contributed by atoms with E-state index in [-0.39, 0.29) is 10.4 Å². The Bertz CT molecular complexity index is 1890. The van der Waals surface area contributed by atoms with Crippen LogP contribution in [0.15, 0.2) is 84.0 Å². The van der Waals surface area contributed by atoms with Gasteiger partial charge in [0.15, 0.2) is 0 Å². The van der Waals surface area contributed by atoms with Crippen molar-refractivity contribution in [1.29, 1.82) is 0 Å². The van der Waals surface area contributed by atoms with Crippen molar-refractivity contribution < 1.29 is 24.2 Å². The molecule has 0 radical (unpaired) electrons. The second-order valence-electron chi connectivity index (χ2n) is 13.2. The maximum Gasteiger partial charge on any atom is 0.362 e. The Morgan fingerprint density at radius 2 is 1.62 bits per heavy atom. The molecule has 0 aliphatic carbocycles. The first-order chi connectivity index (χ1) is 22.2. The van der Waals surface area contributed by atoms with Crippen LogP contribution in [0.2, 0.25) is 0 Å². The van der Waals surface area contributed by atoms with Gasteiger partial charge < -0.3 is 19.1 Å². The van der Waals surface area contributed by atoms with Crippen molar-refractivity contribution in [2.45, 2.75) is 71.1 Å². The summed E-state index contributed by atoms with van der Waals surface area (Å²) in [5.41, 5.74) is 5.10. The molecular weight excluding hydrogens is 611 g/mol. The highest BCUT2D eigenvalue weighted by Crippen LogP contribution is 2.44. The number of pyridine rings is 2. The van der Waals surface area contributed by atoms with Crippen LogP contribution in [0.4, 0.5) is 0 Å². The molecule has 0 bridgehead atoms. The zero-order chi connectivity index (χ0) is 33.9. The van der Waals surface area contributed by atoms with Gasteiger partial charge in [-0.2, -0.15) is 0 Å². The molecule has 8 nitrogen and oxygen atoms in total. The van der Waals surface area contributed by atoms with Gasteiger partial charge in [0.05, 0.1) is 12.0 Å². The van der Waals surface area contributed by atoms with E-state index >= 15 is 0 Å². The van der Waals surface area contributed by atoms with Gasteiger partial charge in [-0.25, -0.2) is 14.8 Å². The Labute approximate surface area is 280 Å². The summed E-state index contributed by atoms with van der Waals surface area (Å²) in [6.07, 6.45) is 3.75. The van der Waals surface area contributed by atoms with Gasteiger partial charge in [0, 0.05) is 63.2 Å². The predicted molar refractivity (Wildman–Crippen MR) is 187 cm³/mol. The number of carbonyl (C=O) groups is 2. The number of aryl methyl sites for hydroxylation is 1. The molecule has 9 heteroatoms. The second-order valence-corrected chi connectivity index (χ2v) is 15.1. The average molecular weight is 652 g/mol. The van der Waals surface area contributed by atoms with Crippen LogP contribution in [0, 0.1) is 12.3 Å². The molecule has 5 rings (SSSR count). The predicted octanol–water partition coefficient (Wildman–Crippen LogP) is 8.62. The SMILES string of the molecule is CCOc1ccc(-c2ccc(Cn3c(CC(C)(C)C(=O)O)c(SC(C)(C)C)c4cc(OC(=O)c5ccc(C)cn5)ccc43)cc2)cn1. The summed E-state index contributed by atoms with van der Waals surface area (Å²) in [4.78, 5) is 34.9. The van der Waals surface area contributed by atoms with Crippen LogP contribution in [0.1, 0.15) is 68.9 Å². The lowest BCUT2D eigenvalue weighted by atomic mass is 9.88. The van der Waals surface area contributed by atoms with E-state index in [2.05, 4.69) is 59.6 Å². The van der Waals surface area contributed by atoms with Gasteiger partial charge in [-0.05, 0) is 74.7 Å². The molecule has 0 saturated carbocycles. The van der Waals surface area contributed by atoms with E-state index in [1.807, 2.05) is 44.2 Å². The van der Waals surface area contributed by atoms with Crippen molar-refractivity contribution in [3.05, 3.63) is 102 Å². The molecule has 1 N–H and O–H groups in total. The van der Waals surface area contributed by atoms with E-state index in [9.17, 15) is 14.7 Å². The van der Waals surface area contributed by atoms with E-state index in [0.717, 1.165) is 43.7 Å². The molecule has 0 aliphatic heterocycles. The largest absolute Gasteiger partial charge is 0.481 e. The Morgan fingerprint density at radius 1 is 0.894 bits per heavy atom. The van der Waals surface area contributed by atoms with Gasteiger partial charge in [0.1, 0.15) is 11.4 Å². The van der Waals surface area contributed by atoms with Crippen molar-refractivity contribution in [1.82, 2.24) is 14.5 Å². The fourth-order valence-corrected chi connectivity index (χ4v) is 6.39. The van der Waals surface area contributed by atoms with Crippen LogP contribution in [0.3, 0.4) is 0 Å². The Balaban J connectivity index is 1.57. The summed E-state index contributed by atoms with van der Waals surface area (Å²) in [5.74, 6) is -0.411. The van der Waals surface area contributed by atoms with E-state index in [1.165, 1.54) is 0 Å². The van der Waals surface area contributed by atoms with Crippen LogP contribution in [0.25, 0.3) is 22.0 Å². The van der Waals surface area contributed by atoms with Crippen LogP contribution < -0.4 is 9.47 Å². The smallest absolute Gasteiger partial charge is 0.362 e. The Hall–Kier alpha value is -4.63. The number of fused-ring (bicyclic) bond motifs is 1. The number of carboxylic acids is 1. The lowest BCUT2D eigenvalue weighted by Crippen LogP contribution is -2.28. The number of rotatable bonds is 11. The van der Waals surface area contributed by atoms with Crippen molar-refractivity contribution in [3.8, 4) is 22.8 Å². The third kappa shape index (κ3) is 8.03. The molecule has 3 aromatic heterocycles. The number of esters is 1. The maximum absolute atomic E-state index is 13.0. The summed E-state index contributed by atoms with van der Waals surface area (Å²) < 4.78 is 13.3. The first kappa shape index (κ1) is 33.7. The molecule has 5 aromatic rings. The Morgan fingerprint density at radius 3 is 2.21 bits per heavy atom. The number of ether oxygens (including phenoxy) is 2. The molecule has 0 saturated heterocycles. The van der Waals surface area contributed by atoms with Gasteiger partial charge in [-0.15, -0.1) is 11.8 Å². The van der Waals surface area contributed by atoms with Gasteiger partial charge in [-0.1, -0.05) is 51.1 Å². The molecule has 47 heavy (non-hydrogen) atoms. The molecule has 3 heterocycles. The molecule has 0 spiro atoms. The molecule has 0 unspecified atom stereocenters. The van der Waals surface area contributed by atoms with Crippen LogP contribution >= 0.6 is 11.8 Å². The summed E-state index contributed by atoms with van der Waals surface area (Å²) in [6.45, 7) is 14.8. The molecule has 2 aromatic carbocycles. The minimum atomic E-state index is -1.02. The number of thioether (sulfide) groups is 1. The molecule has 0 fully saturated rings. The van der Waals surface area contributed by atoms with E-state index in [1.54, 1.807) is 50.1 Å². The maximum atomic E-state index is 13.0. The topological polar surface area (TPSA) is 104 Å². The number of nitrogens with zero attached hydrogens (tertiary/aromatic N) is 3. The minimum absolute atomic E-state index is 0.173. The zero-order valence-electron chi connectivity index (χ0n) is 28.0. The van der Waals surface area contributed by atoms with Gasteiger partial charge in [0.25, 0.3) is 0 Å². The summed E-state index contributed by atoms with van der Waals surface area (Å²) in [7, 11) is 0. The fraction of sp³-hybridized carbons (Fsp3) is 0.316. The molecular formula is C38H41N3O5S. The zero-order valence-corrected chi connectivity index (χ0v) is 28.8. The van der Waals surface area contributed by atoms with Gasteiger partial charge >= 0.3 is 11.9 Å². The number of aliphatic carboxylic acids is 1. The summed E-state index contributed by atoms with van der Waals surface area (Å²) in [5, 5.41) is 11.0. The van der Waals surface area contributed by atoms with Crippen LogP contribution in [0.5, 0.6) is 11.6 Å². The second kappa shape index (κ2) is 13.6. The van der Waals surface area contributed by atoms with Gasteiger partial charge in [-0.3, -0.25) is 4.79 Å². The quantitative estimate of drug-likeness (QED) is 0.0860. The highest BCUT2D eigenvalue weighted by Gasteiger charge is 2.33. The minimum Gasteiger partial charge on any atom is -0.481 e. The summed E-state index contributed by atoms with van der Waals surface area (Å²) in [6, 6.07) is 21.3. The van der Waals surface area contributed by atoms with E-state index in [4.69, 9.17) is 9.47 Å². The first-order valence-corrected chi connectivity index (χ1v) is 16.5. The molecule has 244 valence electrons. The third-order valence-electron chi connectivity index (χ3n) is 7.68. The highest BCUT2D eigenvalue weighted by atomic mass is 32.2. The van der Waals surface area contributed by atoms with Gasteiger partial charge in [0.2, 0.25) is 5.88 Å². The van der Waals surface area contributed by atoms with E-state index in [0.29, 0.717) is 31.2 Å². The van der Waals surface area contributed by atoms with Crippen molar-refractivity contribution in [2.75, 3.05) is 6.61 Å². The number of aromatic nitrogens is 3. The lowest BCUT2D eigenvalue weighted by Gasteiger charge is -2.24. The van der Waals surface area contributed by atoms with Crippen molar-refractivity contribution in [3.63, 3.8) is 0 Å². The van der Waals surface area contributed by atoms with Crippen molar-refractivity contribution in [2.24, 2.45) is 5.41 Å². The number of benzene rings is 2. The van der Waals surface area contributed by atoms with Crippen molar-refractivity contribution >= 4 is 34.6 Å². The first-order valence-electron chi connectivity index (χ1n) is 15.6. The normalized spacial score (nSPS) is 11.9. The molecule has 0 aliphatic rings. The fourth-order valence-electron chi connectivity index (χ4n) is 5.21. The highest BCUT2D eigenvalue weighted by molar-refractivity contribution is 8.00. The number of carbonyl (C=O) groups excluding carboxylic acids is 1. The Kier molecular flexibility index (Phi) is 9.77. The molecule has 0 atom stereocenters. The summed E-state index contributed by atoms with van der Waals surface area (Å²) >= 11 is 1.69. The van der Waals surface area contributed by atoms with Crippen LogP contribution in [-0.4, -0.2) is 42.9 Å². The molecule has 0 amide bonds. The van der Waals surface area contributed by atoms with E-state index < -0.39 is 17.4 Å². The van der Waals surface area contributed by atoms with Crippen LogP contribution in [-0.2, 0) is 17.8 Å².